The summed E-state index contributed by atoms with van der Waals surface area (Å²) in [5.74, 6) is 5.17. The zero-order chi connectivity index (χ0) is 19.9. The van der Waals surface area contributed by atoms with E-state index in [9.17, 15) is 0 Å². The average Bonchev–Trinajstić information content (AvgIpc) is 2.58. The molecule has 0 amide bonds. The molecule has 0 radical (unpaired) electrons. The van der Waals surface area contributed by atoms with E-state index in [1.807, 2.05) is 0 Å². The molecule has 1 aliphatic rings. The number of rotatable bonds is 10. The largest absolute Gasteiger partial charge is 0.0996 e. The van der Waals surface area contributed by atoms with Gasteiger partial charge in [0.2, 0.25) is 0 Å². The van der Waals surface area contributed by atoms with Crippen molar-refractivity contribution in [3.05, 3.63) is 12.2 Å². The molecule has 1 saturated carbocycles. The minimum absolute atomic E-state index is 0.449. The van der Waals surface area contributed by atoms with Crippen LogP contribution in [-0.2, 0) is 0 Å². The molecule has 0 aromatic rings. The maximum atomic E-state index is 4.50. The number of hydrogen-bond donors (Lipinski definition) is 0. The Morgan fingerprint density at radius 2 is 1.69 bits per heavy atom. The van der Waals surface area contributed by atoms with Crippen molar-refractivity contribution in [3.8, 4) is 0 Å². The first-order chi connectivity index (χ1) is 12.1. The van der Waals surface area contributed by atoms with Crippen molar-refractivity contribution in [2.45, 2.75) is 113 Å². The summed E-state index contributed by atoms with van der Waals surface area (Å²) in [4.78, 5) is 0. The Labute approximate surface area is 166 Å². The normalized spacial score (nSPS) is 27.8. The van der Waals surface area contributed by atoms with Gasteiger partial charge in [-0.05, 0) is 66.6 Å². The van der Waals surface area contributed by atoms with Gasteiger partial charge in [0, 0.05) is 0 Å². The van der Waals surface area contributed by atoms with Crippen LogP contribution in [-0.4, -0.2) is 0 Å². The fourth-order valence-electron chi connectivity index (χ4n) is 4.89. The fraction of sp³-hybridized carbons (Fsp3) is 0.923. The first kappa shape index (κ1) is 23.8. The standard InChI is InChI=1S/C26H50/c1-10-24-13-11-12-21(4)25(24)18-22(5)20(3)16-14-19(2)15-17-23(6)26(7,8)9/h19,21-25H,3,10-18H2,1-2,4-9H3. The Morgan fingerprint density at radius 3 is 2.27 bits per heavy atom. The Kier molecular flexibility index (Phi) is 9.98. The summed E-state index contributed by atoms with van der Waals surface area (Å²) in [6.07, 6.45) is 12.4. The van der Waals surface area contributed by atoms with E-state index in [1.54, 1.807) is 0 Å². The van der Waals surface area contributed by atoms with Crippen LogP contribution in [0, 0.1) is 40.9 Å². The predicted molar refractivity (Wildman–Crippen MR) is 119 cm³/mol. The van der Waals surface area contributed by atoms with Crippen LogP contribution in [0.2, 0.25) is 0 Å². The first-order valence-corrected chi connectivity index (χ1v) is 11.7. The second-order valence-electron chi connectivity index (χ2n) is 11.0. The van der Waals surface area contributed by atoms with Crippen LogP contribution >= 0.6 is 0 Å². The molecular formula is C26H50. The van der Waals surface area contributed by atoms with E-state index in [1.165, 1.54) is 63.4 Å². The molecule has 0 aromatic carbocycles. The van der Waals surface area contributed by atoms with Gasteiger partial charge in [0.15, 0.2) is 0 Å². The lowest BCUT2D eigenvalue weighted by Crippen LogP contribution is -2.28. The first-order valence-electron chi connectivity index (χ1n) is 11.7. The van der Waals surface area contributed by atoms with Crippen LogP contribution in [0.3, 0.4) is 0 Å². The lowest BCUT2D eigenvalue weighted by molar-refractivity contribution is 0.137. The SMILES string of the molecule is C=C(CCC(C)CCC(C)C(C)(C)C)C(C)CC1C(C)CCCC1CC. The van der Waals surface area contributed by atoms with Gasteiger partial charge in [-0.2, -0.15) is 0 Å². The molecular weight excluding hydrogens is 312 g/mol. The number of allylic oxidation sites excluding steroid dienone is 1. The van der Waals surface area contributed by atoms with Crippen LogP contribution in [0.1, 0.15) is 113 Å². The summed E-state index contributed by atoms with van der Waals surface area (Å²) in [6.45, 7) is 23.8. The molecule has 1 fully saturated rings. The highest BCUT2D eigenvalue weighted by atomic mass is 14.4. The quantitative estimate of drug-likeness (QED) is 0.340. The van der Waals surface area contributed by atoms with Crippen LogP contribution in [0.4, 0.5) is 0 Å². The van der Waals surface area contributed by atoms with Crippen LogP contribution < -0.4 is 0 Å². The van der Waals surface area contributed by atoms with Gasteiger partial charge in [0.1, 0.15) is 0 Å². The summed E-state index contributed by atoms with van der Waals surface area (Å²) in [6, 6.07) is 0. The Bertz CT molecular complexity index is 399. The summed E-state index contributed by atoms with van der Waals surface area (Å²) in [5, 5.41) is 0. The van der Waals surface area contributed by atoms with E-state index < -0.39 is 0 Å². The van der Waals surface area contributed by atoms with E-state index in [4.69, 9.17) is 0 Å². The topological polar surface area (TPSA) is 0 Å². The molecule has 0 spiro atoms. The van der Waals surface area contributed by atoms with E-state index >= 15 is 0 Å². The van der Waals surface area contributed by atoms with E-state index in [0.29, 0.717) is 11.3 Å². The summed E-state index contributed by atoms with van der Waals surface area (Å²) >= 11 is 0. The van der Waals surface area contributed by atoms with Crippen molar-refractivity contribution in [1.29, 1.82) is 0 Å². The molecule has 0 nitrogen and oxygen atoms in total. The van der Waals surface area contributed by atoms with Gasteiger partial charge < -0.3 is 0 Å². The molecule has 6 atom stereocenters. The monoisotopic (exact) mass is 362 g/mol. The van der Waals surface area contributed by atoms with Gasteiger partial charge in [0.25, 0.3) is 0 Å². The smallest absolute Gasteiger partial charge is 0.0232 e. The van der Waals surface area contributed by atoms with Gasteiger partial charge in [-0.3, -0.25) is 0 Å². The molecule has 154 valence electrons. The van der Waals surface area contributed by atoms with Crippen molar-refractivity contribution in [1.82, 2.24) is 0 Å². The van der Waals surface area contributed by atoms with Crippen molar-refractivity contribution in [2.75, 3.05) is 0 Å². The van der Waals surface area contributed by atoms with Gasteiger partial charge in [-0.1, -0.05) is 99.6 Å². The molecule has 1 aliphatic carbocycles. The van der Waals surface area contributed by atoms with Crippen molar-refractivity contribution < 1.29 is 0 Å². The summed E-state index contributed by atoms with van der Waals surface area (Å²) in [7, 11) is 0. The molecule has 1 rings (SSSR count). The highest BCUT2D eigenvalue weighted by molar-refractivity contribution is 5.00. The average molecular weight is 363 g/mol. The maximum Gasteiger partial charge on any atom is -0.0232 e. The molecule has 0 N–H and O–H groups in total. The Hall–Kier alpha value is -0.260. The van der Waals surface area contributed by atoms with Crippen LogP contribution in [0.25, 0.3) is 0 Å². The Balaban J connectivity index is 2.37. The lowest BCUT2D eigenvalue weighted by atomic mass is 9.68. The molecule has 26 heavy (non-hydrogen) atoms. The van der Waals surface area contributed by atoms with Crippen molar-refractivity contribution >= 4 is 0 Å². The van der Waals surface area contributed by atoms with Gasteiger partial charge in [-0.15, -0.1) is 0 Å². The molecule has 0 heteroatoms. The van der Waals surface area contributed by atoms with Gasteiger partial charge in [-0.25, -0.2) is 0 Å². The molecule has 6 unspecified atom stereocenters. The Morgan fingerprint density at radius 1 is 1.04 bits per heavy atom. The van der Waals surface area contributed by atoms with Crippen molar-refractivity contribution in [3.63, 3.8) is 0 Å². The molecule has 0 aliphatic heterocycles. The maximum absolute atomic E-state index is 4.50. The highest BCUT2D eigenvalue weighted by Gasteiger charge is 2.31. The van der Waals surface area contributed by atoms with Crippen LogP contribution in [0.15, 0.2) is 12.2 Å². The van der Waals surface area contributed by atoms with Crippen LogP contribution in [0.5, 0.6) is 0 Å². The second kappa shape index (κ2) is 10.9. The minimum atomic E-state index is 0.449. The van der Waals surface area contributed by atoms with Gasteiger partial charge >= 0.3 is 0 Å². The zero-order valence-corrected chi connectivity index (χ0v) is 19.5. The number of hydrogen-bond acceptors (Lipinski definition) is 0. The summed E-state index contributed by atoms with van der Waals surface area (Å²) in [5.41, 5.74) is 1.97. The molecule has 0 aromatic heterocycles. The third-order valence-corrected chi connectivity index (χ3v) is 7.95. The predicted octanol–water partition coefficient (Wildman–Crippen LogP) is 8.91. The zero-order valence-electron chi connectivity index (χ0n) is 19.5. The molecule has 0 saturated heterocycles. The van der Waals surface area contributed by atoms with E-state index in [2.05, 4.69) is 62.0 Å². The van der Waals surface area contributed by atoms with Crippen molar-refractivity contribution in [2.24, 2.45) is 40.9 Å². The third kappa shape index (κ3) is 7.77. The summed E-state index contributed by atoms with van der Waals surface area (Å²) < 4.78 is 0. The molecule has 0 bridgehead atoms. The molecule has 0 heterocycles. The van der Waals surface area contributed by atoms with E-state index in [-0.39, 0.29) is 0 Å². The second-order valence-corrected chi connectivity index (χ2v) is 11.0. The minimum Gasteiger partial charge on any atom is -0.0996 e. The van der Waals surface area contributed by atoms with E-state index in [0.717, 1.165) is 29.6 Å². The third-order valence-electron chi connectivity index (χ3n) is 7.95. The highest BCUT2D eigenvalue weighted by Crippen LogP contribution is 2.41. The fourth-order valence-corrected chi connectivity index (χ4v) is 4.89. The lowest BCUT2D eigenvalue weighted by Gasteiger charge is -2.38. The van der Waals surface area contributed by atoms with Gasteiger partial charge in [0.05, 0.1) is 0 Å².